The summed E-state index contributed by atoms with van der Waals surface area (Å²) in [5, 5.41) is 17.4. The summed E-state index contributed by atoms with van der Waals surface area (Å²) in [6, 6.07) is 13.4. The number of carbonyl (C=O) groups excluding carboxylic acids is 1. The van der Waals surface area contributed by atoms with Gasteiger partial charge in [0.2, 0.25) is 5.91 Å². The van der Waals surface area contributed by atoms with E-state index in [-0.39, 0.29) is 11.7 Å². The number of anilines is 1. The molecule has 10 heteroatoms. The van der Waals surface area contributed by atoms with Gasteiger partial charge in [0.05, 0.1) is 23.4 Å². The van der Waals surface area contributed by atoms with Crippen molar-refractivity contribution < 1.29 is 9.53 Å². The third-order valence-electron chi connectivity index (χ3n) is 5.20. The fourth-order valence-corrected chi connectivity index (χ4v) is 4.59. The lowest BCUT2D eigenvalue weighted by Gasteiger charge is -2.09. The van der Waals surface area contributed by atoms with Gasteiger partial charge in [-0.15, -0.1) is 10.2 Å². The fourth-order valence-electron chi connectivity index (χ4n) is 3.53. The molecule has 0 unspecified atom stereocenters. The van der Waals surface area contributed by atoms with Gasteiger partial charge in [-0.3, -0.25) is 9.48 Å². The van der Waals surface area contributed by atoms with Crippen LogP contribution in [-0.2, 0) is 18.4 Å². The maximum Gasteiger partial charge on any atom is 0.234 e. The van der Waals surface area contributed by atoms with Gasteiger partial charge in [-0.1, -0.05) is 53.2 Å². The molecule has 0 aliphatic rings. The first-order valence-electron chi connectivity index (χ1n) is 10.7. The number of benzene rings is 2. The number of amides is 1. The molecule has 176 valence electrons. The Labute approximate surface area is 207 Å². The summed E-state index contributed by atoms with van der Waals surface area (Å²) < 4.78 is 8.92. The molecule has 0 atom stereocenters. The number of aromatic nitrogens is 5. The maximum absolute atomic E-state index is 12.5. The lowest BCUT2D eigenvalue weighted by Crippen LogP contribution is -2.14. The second-order valence-electron chi connectivity index (χ2n) is 7.67. The van der Waals surface area contributed by atoms with Gasteiger partial charge in [0.15, 0.2) is 11.0 Å². The highest BCUT2D eigenvalue weighted by Crippen LogP contribution is 2.32. The van der Waals surface area contributed by atoms with Crippen LogP contribution in [-0.4, -0.2) is 43.3 Å². The first-order chi connectivity index (χ1) is 16.4. The van der Waals surface area contributed by atoms with Crippen molar-refractivity contribution in [3.8, 4) is 28.4 Å². The standard InChI is InChI=1S/C24H25ClN6O2S/c1-5-31-23(18-13-30(3)29-22(18)16-8-6-15(2)7-9-16)27-28-24(31)34-14-21(32)26-17-10-11-20(33-4)19(25)12-17/h6-13H,5,14H2,1-4H3,(H,26,32). The summed E-state index contributed by atoms with van der Waals surface area (Å²) in [4.78, 5) is 12.5. The topological polar surface area (TPSA) is 86.9 Å². The number of hydrogen-bond acceptors (Lipinski definition) is 6. The molecular weight excluding hydrogens is 472 g/mol. The number of nitrogens with zero attached hydrogens (tertiary/aromatic N) is 5. The van der Waals surface area contributed by atoms with E-state index < -0.39 is 0 Å². The highest BCUT2D eigenvalue weighted by molar-refractivity contribution is 7.99. The van der Waals surface area contributed by atoms with E-state index >= 15 is 0 Å². The van der Waals surface area contributed by atoms with Crippen molar-refractivity contribution in [3.05, 3.63) is 59.2 Å². The van der Waals surface area contributed by atoms with Crippen LogP contribution in [0.2, 0.25) is 5.02 Å². The van der Waals surface area contributed by atoms with Gasteiger partial charge < -0.3 is 14.6 Å². The minimum atomic E-state index is -0.167. The summed E-state index contributed by atoms with van der Waals surface area (Å²) in [6.45, 7) is 4.74. The summed E-state index contributed by atoms with van der Waals surface area (Å²) in [6.07, 6.45) is 1.94. The monoisotopic (exact) mass is 496 g/mol. The number of carbonyl (C=O) groups is 1. The van der Waals surface area contributed by atoms with Crippen LogP contribution >= 0.6 is 23.4 Å². The van der Waals surface area contributed by atoms with Gasteiger partial charge in [0, 0.05) is 31.0 Å². The Bertz CT molecular complexity index is 1320. The second kappa shape index (κ2) is 10.3. The van der Waals surface area contributed by atoms with E-state index in [1.807, 2.05) is 24.7 Å². The molecule has 0 bridgehead atoms. The maximum atomic E-state index is 12.5. The van der Waals surface area contributed by atoms with E-state index in [9.17, 15) is 4.79 Å². The Morgan fingerprint density at radius 3 is 2.62 bits per heavy atom. The Balaban J connectivity index is 1.52. The summed E-state index contributed by atoms with van der Waals surface area (Å²) in [5.41, 5.74) is 4.54. The van der Waals surface area contributed by atoms with Crippen molar-refractivity contribution in [3.63, 3.8) is 0 Å². The average Bonchev–Trinajstić information content (AvgIpc) is 3.41. The van der Waals surface area contributed by atoms with Crippen LogP contribution in [0.5, 0.6) is 5.75 Å². The number of methoxy groups -OCH3 is 1. The lowest BCUT2D eigenvalue weighted by molar-refractivity contribution is -0.113. The van der Waals surface area contributed by atoms with E-state index in [0.29, 0.717) is 28.2 Å². The summed E-state index contributed by atoms with van der Waals surface area (Å²) in [7, 11) is 3.43. The summed E-state index contributed by atoms with van der Waals surface area (Å²) >= 11 is 7.47. The molecule has 0 fully saturated rings. The molecule has 0 spiro atoms. The molecule has 34 heavy (non-hydrogen) atoms. The number of halogens is 1. The molecule has 0 saturated carbocycles. The lowest BCUT2D eigenvalue weighted by atomic mass is 10.1. The molecule has 2 aromatic carbocycles. The van der Waals surface area contributed by atoms with Crippen LogP contribution in [0.25, 0.3) is 22.6 Å². The summed E-state index contributed by atoms with van der Waals surface area (Å²) in [5.74, 6) is 1.29. The van der Waals surface area contributed by atoms with Gasteiger partial charge in [-0.05, 0) is 32.0 Å². The van der Waals surface area contributed by atoms with Crippen LogP contribution in [0.4, 0.5) is 5.69 Å². The zero-order valence-corrected chi connectivity index (χ0v) is 20.9. The van der Waals surface area contributed by atoms with Crippen LogP contribution in [0.1, 0.15) is 12.5 Å². The Morgan fingerprint density at radius 1 is 1.18 bits per heavy atom. The number of hydrogen-bond donors (Lipinski definition) is 1. The first kappa shape index (κ1) is 23.8. The Hall–Kier alpha value is -3.30. The highest BCUT2D eigenvalue weighted by atomic mass is 35.5. The third-order valence-corrected chi connectivity index (χ3v) is 6.46. The van der Waals surface area contributed by atoms with Crippen molar-refractivity contribution in [1.29, 1.82) is 0 Å². The van der Waals surface area contributed by atoms with Crippen molar-refractivity contribution >= 4 is 35.0 Å². The predicted octanol–water partition coefficient (Wildman–Crippen LogP) is 5.07. The van der Waals surface area contributed by atoms with E-state index in [4.69, 9.17) is 16.3 Å². The number of aryl methyl sites for hydroxylation is 2. The second-order valence-corrected chi connectivity index (χ2v) is 9.02. The van der Waals surface area contributed by atoms with Gasteiger partial charge in [0.25, 0.3) is 0 Å². The molecular formula is C24H25ClN6O2S. The van der Waals surface area contributed by atoms with Crippen molar-refractivity contribution in [2.75, 3.05) is 18.2 Å². The van der Waals surface area contributed by atoms with E-state index in [1.54, 1.807) is 30.0 Å². The quantitative estimate of drug-likeness (QED) is 0.343. The Kier molecular flexibility index (Phi) is 7.23. The number of thioether (sulfide) groups is 1. The average molecular weight is 497 g/mol. The third kappa shape index (κ3) is 5.10. The van der Waals surface area contributed by atoms with Gasteiger partial charge in [-0.25, -0.2) is 0 Å². The Morgan fingerprint density at radius 2 is 1.94 bits per heavy atom. The smallest absolute Gasteiger partial charge is 0.234 e. The molecule has 0 saturated heterocycles. The highest BCUT2D eigenvalue weighted by Gasteiger charge is 2.20. The van der Waals surface area contributed by atoms with Crippen LogP contribution in [0, 0.1) is 6.92 Å². The van der Waals surface area contributed by atoms with Crippen molar-refractivity contribution in [2.24, 2.45) is 7.05 Å². The molecule has 8 nitrogen and oxygen atoms in total. The minimum Gasteiger partial charge on any atom is -0.495 e. The normalized spacial score (nSPS) is 11.0. The van der Waals surface area contributed by atoms with Gasteiger partial charge >= 0.3 is 0 Å². The number of nitrogens with one attached hydrogen (secondary N) is 1. The van der Waals surface area contributed by atoms with Crippen molar-refractivity contribution in [2.45, 2.75) is 25.5 Å². The molecule has 4 rings (SSSR count). The van der Waals surface area contributed by atoms with E-state index in [0.717, 1.165) is 22.6 Å². The molecule has 4 aromatic rings. The SMILES string of the molecule is CCn1c(SCC(=O)Nc2ccc(OC)c(Cl)c2)nnc1-c1cn(C)nc1-c1ccc(C)cc1. The van der Waals surface area contributed by atoms with Crippen LogP contribution in [0.15, 0.2) is 53.8 Å². The molecule has 0 aliphatic heterocycles. The van der Waals surface area contributed by atoms with Crippen molar-refractivity contribution in [1.82, 2.24) is 24.5 Å². The van der Waals surface area contributed by atoms with E-state index in [1.165, 1.54) is 17.3 Å². The molecule has 2 aromatic heterocycles. The van der Waals surface area contributed by atoms with Crippen LogP contribution in [0.3, 0.4) is 0 Å². The number of rotatable bonds is 8. The fraction of sp³-hybridized carbons (Fsp3) is 0.250. The zero-order valence-electron chi connectivity index (χ0n) is 19.4. The minimum absolute atomic E-state index is 0.167. The van der Waals surface area contributed by atoms with E-state index in [2.05, 4.69) is 51.8 Å². The zero-order chi connectivity index (χ0) is 24.2. The van der Waals surface area contributed by atoms with Crippen LogP contribution < -0.4 is 10.1 Å². The molecule has 1 N–H and O–H groups in total. The molecule has 1 amide bonds. The van der Waals surface area contributed by atoms with Gasteiger partial charge in [0.1, 0.15) is 11.4 Å². The first-order valence-corrected chi connectivity index (χ1v) is 12.1. The molecule has 0 radical (unpaired) electrons. The largest absolute Gasteiger partial charge is 0.495 e. The molecule has 0 aliphatic carbocycles. The van der Waals surface area contributed by atoms with Gasteiger partial charge in [-0.2, -0.15) is 5.10 Å². The predicted molar refractivity (Wildman–Crippen MR) is 135 cm³/mol. The number of ether oxygens (including phenoxy) is 1. The molecule has 2 heterocycles.